The van der Waals surface area contributed by atoms with Crippen molar-refractivity contribution in [3.8, 4) is 0 Å². The number of fused-ring (bicyclic) bond motifs is 1. The summed E-state index contributed by atoms with van der Waals surface area (Å²) in [5.41, 5.74) is 4.50. The van der Waals surface area contributed by atoms with Crippen LogP contribution in [-0.2, 0) is 6.54 Å². The van der Waals surface area contributed by atoms with E-state index in [2.05, 4.69) is 72.6 Å². The molecule has 1 atom stereocenters. The molecule has 28 heavy (non-hydrogen) atoms. The maximum Gasteiger partial charge on any atom is 0.191 e. The fourth-order valence-corrected chi connectivity index (χ4v) is 3.89. The summed E-state index contributed by atoms with van der Waals surface area (Å²) in [6, 6.07) is 13.1. The maximum absolute atomic E-state index is 4.64. The minimum absolute atomic E-state index is 0.379. The molecule has 7 heteroatoms. The lowest BCUT2D eigenvalue weighted by Gasteiger charge is -2.20. The third-order valence-electron chi connectivity index (χ3n) is 5.05. The lowest BCUT2D eigenvalue weighted by atomic mass is 10.2. The van der Waals surface area contributed by atoms with Crippen LogP contribution in [0.4, 0.5) is 5.69 Å². The molecule has 0 spiro atoms. The van der Waals surface area contributed by atoms with Crippen LogP contribution >= 0.6 is 15.9 Å². The number of anilines is 1. The van der Waals surface area contributed by atoms with Gasteiger partial charge < -0.3 is 19.9 Å². The van der Waals surface area contributed by atoms with E-state index in [4.69, 9.17) is 0 Å². The van der Waals surface area contributed by atoms with E-state index in [1.54, 1.807) is 0 Å². The number of hydrogen-bond donors (Lipinski definition) is 2. The summed E-state index contributed by atoms with van der Waals surface area (Å²) in [5.74, 6) is 0.814. The number of benzene rings is 1. The second kappa shape index (κ2) is 8.22. The van der Waals surface area contributed by atoms with Crippen molar-refractivity contribution in [2.75, 3.05) is 25.0 Å². The molecule has 0 amide bonds. The van der Waals surface area contributed by atoms with Crippen molar-refractivity contribution in [2.24, 2.45) is 4.99 Å². The Bertz CT molecular complexity index is 978. The number of imidazole rings is 1. The Morgan fingerprint density at radius 2 is 2.04 bits per heavy atom. The van der Waals surface area contributed by atoms with Gasteiger partial charge in [0, 0.05) is 48.7 Å². The Morgan fingerprint density at radius 1 is 1.21 bits per heavy atom. The average molecular weight is 441 g/mol. The number of nitrogens with one attached hydrogen (secondary N) is 2. The highest BCUT2D eigenvalue weighted by molar-refractivity contribution is 9.10. The maximum atomic E-state index is 4.64. The Morgan fingerprint density at radius 3 is 2.82 bits per heavy atom. The van der Waals surface area contributed by atoms with Gasteiger partial charge in [0.15, 0.2) is 5.96 Å². The van der Waals surface area contributed by atoms with E-state index in [1.807, 2.05) is 36.0 Å². The third-order valence-corrected chi connectivity index (χ3v) is 5.52. The first-order valence-electron chi connectivity index (χ1n) is 9.52. The Kier molecular flexibility index (Phi) is 5.52. The molecule has 1 aliphatic rings. The molecule has 1 aliphatic heterocycles. The topological polar surface area (TPSA) is 57.0 Å². The number of nitrogens with zero attached hydrogens (tertiary/aromatic N) is 4. The summed E-state index contributed by atoms with van der Waals surface area (Å²) in [5, 5.41) is 6.93. The van der Waals surface area contributed by atoms with Gasteiger partial charge in [-0.25, -0.2) is 4.98 Å². The zero-order chi connectivity index (χ0) is 19.5. The fraction of sp³-hybridized carbons (Fsp3) is 0.333. The molecular weight excluding hydrogens is 416 g/mol. The van der Waals surface area contributed by atoms with Crippen molar-refractivity contribution in [1.82, 2.24) is 20.0 Å². The largest absolute Gasteiger partial charge is 0.369 e. The number of guanidine groups is 1. The molecule has 0 bridgehead atoms. The van der Waals surface area contributed by atoms with Crippen LogP contribution in [0.3, 0.4) is 0 Å². The van der Waals surface area contributed by atoms with Crippen LogP contribution in [0.15, 0.2) is 58.3 Å². The highest BCUT2D eigenvalue weighted by atomic mass is 79.9. The Labute approximate surface area is 173 Å². The SMILES string of the molecule is CN=C(NCc1cn2cc(Br)ccc2n1)NC1CCN(c2ccc(C)cc2)C1. The van der Waals surface area contributed by atoms with Crippen LogP contribution in [0.1, 0.15) is 17.7 Å². The molecular formula is C21H25BrN6. The number of aryl methyl sites for hydroxylation is 1. The number of aromatic nitrogens is 2. The predicted molar refractivity (Wildman–Crippen MR) is 118 cm³/mol. The monoisotopic (exact) mass is 440 g/mol. The van der Waals surface area contributed by atoms with Gasteiger partial charge in [0.05, 0.1) is 12.2 Å². The van der Waals surface area contributed by atoms with Crippen molar-refractivity contribution in [3.05, 3.63) is 64.5 Å². The molecule has 146 valence electrons. The predicted octanol–water partition coefficient (Wildman–Crippen LogP) is 3.35. The van der Waals surface area contributed by atoms with Crippen LogP contribution in [0.5, 0.6) is 0 Å². The van der Waals surface area contributed by atoms with Crippen molar-refractivity contribution in [1.29, 1.82) is 0 Å². The van der Waals surface area contributed by atoms with E-state index >= 15 is 0 Å². The smallest absolute Gasteiger partial charge is 0.191 e. The van der Waals surface area contributed by atoms with E-state index in [0.29, 0.717) is 12.6 Å². The van der Waals surface area contributed by atoms with Gasteiger partial charge in [0.25, 0.3) is 0 Å². The van der Waals surface area contributed by atoms with Crippen LogP contribution in [0.25, 0.3) is 5.65 Å². The van der Waals surface area contributed by atoms with E-state index in [9.17, 15) is 0 Å². The van der Waals surface area contributed by atoms with Crippen LogP contribution in [0, 0.1) is 6.92 Å². The van der Waals surface area contributed by atoms with Gasteiger partial charge in [-0.05, 0) is 53.5 Å². The summed E-state index contributed by atoms with van der Waals surface area (Å²) in [4.78, 5) is 11.4. The van der Waals surface area contributed by atoms with Gasteiger partial charge in [-0.1, -0.05) is 17.7 Å². The molecule has 1 saturated heterocycles. The molecule has 0 radical (unpaired) electrons. The molecule has 0 saturated carbocycles. The second-order valence-corrected chi connectivity index (χ2v) is 8.10. The summed E-state index contributed by atoms with van der Waals surface area (Å²) >= 11 is 3.49. The molecule has 6 nitrogen and oxygen atoms in total. The van der Waals surface area contributed by atoms with Crippen molar-refractivity contribution in [3.63, 3.8) is 0 Å². The van der Waals surface area contributed by atoms with E-state index in [1.165, 1.54) is 11.3 Å². The zero-order valence-electron chi connectivity index (χ0n) is 16.2. The van der Waals surface area contributed by atoms with Gasteiger partial charge in [-0.2, -0.15) is 0 Å². The summed E-state index contributed by atoms with van der Waals surface area (Å²) in [6.45, 7) is 4.79. The number of pyridine rings is 1. The standard InChI is InChI=1S/C21H25BrN6/c1-15-3-6-19(7-4-15)27-10-9-17(13-27)26-21(23-2)24-11-18-14-28-12-16(22)5-8-20(28)25-18/h3-8,12,14,17H,9-11,13H2,1-2H3,(H2,23,24,26). The van der Waals surface area contributed by atoms with Crippen LogP contribution in [0.2, 0.25) is 0 Å². The van der Waals surface area contributed by atoms with Crippen LogP contribution in [-0.4, -0.2) is 41.5 Å². The van der Waals surface area contributed by atoms with E-state index in [-0.39, 0.29) is 0 Å². The molecule has 1 fully saturated rings. The first-order valence-corrected chi connectivity index (χ1v) is 10.3. The summed E-state index contributed by atoms with van der Waals surface area (Å²) < 4.78 is 3.06. The Hall–Kier alpha value is -2.54. The lowest BCUT2D eigenvalue weighted by Crippen LogP contribution is -2.44. The minimum Gasteiger partial charge on any atom is -0.369 e. The molecule has 0 aliphatic carbocycles. The number of hydrogen-bond acceptors (Lipinski definition) is 3. The Balaban J connectivity index is 1.32. The van der Waals surface area contributed by atoms with Crippen molar-refractivity contribution >= 4 is 33.2 Å². The highest BCUT2D eigenvalue weighted by Crippen LogP contribution is 2.20. The van der Waals surface area contributed by atoms with Crippen molar-refractivity contribution < 1.29 is 0 Å². The third kappa shape index (κ3) is 4.30. The van der Waals surface area contributed by atoms with E-state index < -0.39 is 0 Å². The summed E-state index contributed by atoms with van der Waals surface area (Å²) in [7, 11) is 1.81. The van der Waals surface area contributed by atoms with Gasteiger partial charge in [-0.3, -0.25) is 4.99 Å². The molecule has 4 rings (SSSR count). The van der Waals surface area contributed by atoms with Gasteiger partial charge in [0.1, 0.15) is 5.65 Å². The molecule has 3 heterocycles. The highest BCUT2D eigenvalue weighted by Gasteiger charge is 2.23. The number of aliphatic imine (C=N–C) groups is 1. The first-order chi connectivity index (χ1) is 13.6. The first kappa shape index (κ1) is 18.8. The van der Waals surface area contributed by atoms with Gasteiger partial charge in [0.2, 0.25) is 0 Å². The quantitative estimate of drug-likeness (QED) is 0.482. The molecule has 2 N–H and O–H groups in total. The molecule has 2 aromatic heterocycles. The normalized spacial score (nSPS) is 17.3. The molecule has 1 aromatic carbocycles. The summed E-state index contributed by atoms with van der Waals surface area (Å²) in [6.07, 6.45) is 5.14. The molecule has 1 unspecified atom stereocenters. The lowest BCUT2D eigenvalue weighted by molar-refractivity contribution is 0.647. The molecule has 3 aromatic rings. The fourth-order valence-electron chi connectivity index (χ4n) is 3.53. The second-order valence-electron chi connectivity index (χ2n) is 7.18. The van der Waals surface area contributed by atoms with Gasteiger partial charge in [-0.15, -0.1) is 0 Å². The van der Waals surface area contributed by atoms with E-state index in [0.717, 1.165) is 41.3 Å². The van der Waals surface area contributed by atoms with Gasteiger partial charge >= 0.3 is 0 Å². The number of rotatable bonds is 4. The number of halogens is 1. The average Bonchev–Trinajstić information content (AvgIpc) is 3.32. The van der Waals surface area contributed by atoms with Crippen molar-refractivity contribution in [2.45, 2.75) is 25.9 Å². The minimum atomic E-state index is 0.379. The van der Waals surface area contributed by atoms with Crippen LogP contribution < -0.4 is 15.5 Å². The zero-order valence-corrected chi connectivity index (χ0v) is 17.8.